The summed E-state index contributed by atoms with van der Waals surface area (Å²) in [7, 11) is 0. The Bertz CT molecular complexity index is 295. The van der Waals surface area contributed by atoms with Crippen LogP contribution in [0.2, 0.25) is 0 Å². The van der Waals surface area contributed by atoms with Gasteiger partial charge in [0, 0.05) is 39.1 Å². The van der Waals surface area contributed by atoms with Crippen molar-refractivity contribution in [2.45, 2.75) is 18.9 Å². The Labute approximate surface area is 94.2 Å². The molecule has 0 saturated carbocycles. The molecule has 0 aromatic rings. The molecule has 0 aromatic heterocycles. The first kappa shape index (κ1) is 11.2. The van der Waals surface area contributed by atoms with Gasteiger partial charge in [-0.25, -0.2) is 4.79 Å². The van der Waals surface area contributed by atoms with Gasteiger partial charge >= 0.3 is 12.0 Å². The second-order valence-corrected chi connectivity index (χ2v) is 4.28. The Kier molecular flexibility index (Phi) is 3.28. The van der Waals surface area contributed by atoms with Gasteiger partial charge in [-0.15, -0.1) is 0 Å². The maximum absolute atomic E-state index is 11.9. The van der Waals surface area contributed by atoms with Crippen molar-refractivity contribution in [1.29, 1.82) is 0 Å². The Morgan fingerprint density at radius 1 is 1.56 bits per heavy atom. The summed E-state index contributed by atoms with van der Waals surface area (Å²) in [6.07, 6.45) is 0.668. The lowest BCUT2D eigenvalue weighted by atomic mass is 10.2. The SMILES string of the molecule is O=C(O)CCCN1CC2CNCCN2C1=O. The lowest BCUT2D eigenvalue weighted by Crippen LogP contribution is -2.49. The first-order valence-corrected chi connectivity index (χ1v) is 5.66. The highest BCUT2D eigenvalue weighted by molar-refractivity contribution is 5.77. The van der Waals surface area contributed by atoms with E-state index in [1.54, 1.807) is 4.90 Å². The highest BCUT2D eigenvalue weighted by Crippen LogP contribution is 2.17. The highest BCUT2D eigenvalue weighted by Gasteiger charge is 2.37. The molecule has 2 heterocycles. The minimum absolute atomic E-state index is 0.0666. The number of rotatable bonds is 4. The largest absolute Gasteiger partial charge is 0.481 e. The van der Waals surface area contributed by atoms with Crippen molar-refractivity contribution in [1.82, 2.24) is 15.1 Å². The molecule has 2 aliphatic heterocycles. The number of carboxylic acids is 1. The zero-order valence-electron chi connectivity index (χ0n) is 9.19. The number of carbonyl (C=O) groups excluding carboxylic acids is 1. The van der Waals surface area contributed by atoms with Crippen molar-refractivity contribution in [2.24, 2.45) is 0 Å². The number of fused-ring (bicyclic) bond motifs is 1. The van der Waals surface area contributed by atoms with Crippen LogP contribution in [0.5, 0.6) is 0 Å². The van der Waals surface area contributed by atoms with E-state index in [1.165, 1.54) is 0 Å². The van der Waals surface area contributed by atoms with Gasteiger partial charge in [0.1, 0.15) is 0 Å². The van der Waals surface area contributed by atoms with Crippen LogP contribution in [0.1, 0.15) is 12.8 Å². The minimum Gasteiger partial charge on any atom is -0.481 e. The third-order valence-electron chi connectivity index (χ3n) is 3.12. The van der Waals surface area contributed by atoms with E-state index in [1.807, 2.05) is 4.90 Å². The lowest BCUT2D eigenvalue weighted by molar-refractivity contribution is -0.137. The number of aliphatic carboxylic acids is 1. The van der Waals surface area contributed by atoms with Crippen LogP contribution < -0.4 is 5.32 Å². The zero-order chi connectivity index (χ0) is 11.5. The van der Waals surface area contributed by atoms with Crippen molar-refractivity contribution in [3.8, 4) is 0 Å². The molecule has 6 nitrogen and oxygen atoms in total. The average Bonchev–Trinajstić information content (AvgIpc) is 2.56. The third kappa shape index (κ3) is 2.27. The average molecular weight is 227 g/mol. The Hall–Kier alpha value is -1.30. The second-order valence-electron chi connectivity index (χ2n) is 4.28. The fraction of sp³-hybridized carbons (Fsp3) is 0.800. The van der Waals surface area contributed by atoms with Gasteiger partial charge < -0.3 is 20.2 Å². The molecule has 6 heteroatoms. The molecule has 0 aliphatic carbocycles. The van der Waals surface area contributed by atoms with Crippen LogP contribution in [0.3, 0.4) is 0 Å². The van der Waals surface area contributed by atoms with Gasteiger partial charge in [-0.1, -0.05) is 0 Å². The molecule has 2 fully saturated rings. The lowest BCUT2D eigenvalue weighted by Gasteiger charge is -2.28. The van der Waals surface area contributed by atoms with E-state index in [4.69, 9.17) is 5.11 Å². The van der Waals surface area contributed by atoms with Gasteiger partial charge in [-0.05, 0) is 6.42 Å². The van der Waals surface area contributed by atoms with E-state index < -0.39 is 5.97 Å². The molecule has 2 saturated heterocycles. The fourth-order valence-corrected chi connectivity index (χ4v) is 2.30. The molecule has 16 heavy (non-hydrogen) atoms. The van der Waals surface area contributed by atoms with Crippen LogP contribution in [0.25, 0.3) is 0 Å². The summed E-state index contributed by atoms with van der Waals surface area (Å²) < 4.78 is 0. The fourth-order valence-electron chi connectivity index (χ4n) is 2.30. The number of carboxylic acid groups (broad SMARTS) is 1. The number of nitrogens with zero attached hydrogens (tertiary/aromatic N) is 2. The summed E-state index contributed by atoms with van der Waals surface area (Å²) in [6, 6.07) is 0.336. The zero-order valence-corrected chi connectivity index (χ0v) is 9.19. The molecule has 1 unspecified atom stereocenters. The summed E-state index contributed by atoms with van der Waals surface area (Å²) >= 11 is 0. The third-order valence-corrected chi connectivity index (χ3v) is 3.12. The quantitative estimate of drug-likeness (QED) is 0.683. The Morgan fingerprint density at radius 2 is 2.38 bits per heavy atom. The van der Waals surface area contributed by atoms with Crippen LogP contribution in [-0.2, 0) is 4.79 Å². The van der Waals surface area contributed by atoms with Gasteiger partial charge in [0.25, 0.3) is 0 Å². The van der Waals surface area contributed by atoms with Gasteiger partial charge in [0.15, 0.2) is 0 Å². The number of hydrogen-bond acceptors (Lipinski definition) is 3. The van der Waals surface area contributed by atoms with E-state index in [-0.39, 0.29) is 18.5 Å². The van der Waals surface area contributed by atoms with Gasteiger partial charge in [0.05, 0.1) is 6.04 Å². The molecule has 1 atom stereocenters. The van der Waals surface area contributed by atoms with E-state index in [2.05, 4.69) is 5.32 Å². The van der Waals surface area contributed by atoms with E-state index in [9.17, 15) is 9.59 Å². The number of urea groups is 1. The second kappa shape index (κ2) is 4.69. The maximum Gasteiger partial charge on any atom is 0.320 e. The van der Waals surface area contributed by atoms with Gasteiger partial charge in [-0.3, -0.25) is 4.79 Å². The first-order chi connectivity index (χ1) is 7.68. The van der Waals surface area contributed by atoms with Crippen LogP contribution in [-0.4, -0.2) is 65.7 Å². The van der Waals surface area contributed by atoms with Gasteiger partial charge in [0.2, 0.25) is 0 Å². The number of piperazine rings is 1. The molecule has 0 spiro atoms. The summed E-state index contributed by atoms with van der Waals surface area (Å²) in [4.78, 5) is 25.9. The van der Waals surface area contributed by atoms with Crippen molar-refractivity contribution in [3.05, 3.63) is 0 Å². The maximum atomic E-state index is 11.9. The van der Waals surface area contributed by atoms with E-state index in [0.717, 1.165) is 26.2 Å². The molecular weight excluding hydrogens is 210 g/mol. The molecule has 2 amide bonds. The van der Waals surface area contributed by atoms with Crippen molar-refractivity contribution >= 4 is 12.0 Å². The minimum atomic E-state index is -0.800. The Balaban J connectivity index is 1.83. The number of hydrogen-bond donors (Lipinski definition) is 2. The number of carbonyl (C=O) groups is 2. The summed E-state index contributed by atoms with van der Waals surface area (Å²) in [5.41, 5.74) is 0. The van der Waals surface area contributed by atoms with E-state index >= 15 is 0 Å². The standard InChI is InChI=1S/C10H17N3O3/c14-9(15)2-1-4-12-7-8-6-11-3-5-13(8)10(12)16/h8,11H,1-7H2,(H,14,15). The molecule has 2 rings (SSSR count). The van der Waals surface area contributed by atoms with Crippen LogP contribution >= 0.6 is 0 Å². The molecule has 2 N–H and O–H groups in total. The van der Waals surface area contributed by atoms with E-state index in [0.29, 0.717) is 13.0 Å². The molecule has 0 bridgehead atoms. The van der Waals surface area contributed by atoms with Crippen LogP contribution in [0, 0.1) is 0 Å². The van der Waals surface area contributed by atoms with Crippen molar-refractivity contribution in [2.75, 3.05) is 32.7 Å². The predicted octanol–water partition coefficient (Wildman–Crippen LogP) is -0.439. The molecule has 0 radical (unpaired) electrons. The van der Waals surface area contributed by atoms with Crippen molar-refractivity contribution in [3.63, 3.8) is 0 Å². The molecule has 2 aliphatic rings. The van der Waals surface area contributed by atoms with Crippen LogP contribution in [0.15, 0.2) is 0 Å². The highest BCUT2D eigenvalue weighted by atomic mass is 16.4. The topological polar surface area (TPSA) is 72.9 Å². The Morgan fingerprint density at radius 3 is 3.06 bits per heavy atom. The number of nitrogens with one attached hydrogen (secondary N) is 1. The summed E-state index contributed by atoms with van der Waals surface area (Å²) in [5.74, 6) is -0.800. The predicted molar refractivity (Wildman–Crippen MR) is 57.2 cm³/mol. The summed E-state index contributed by atoms with van der Waals surface area (Å²) in [6.45, 7) is 3.74. The monoisotopic (exact) mass is 227 g/mol. The smallest absolute Gasteiger partial charge is 0.320 e. The molecular formula is C10H17N3O3. The van der Waals surface area contributed by atoms with Gasteiger partial charge in [-0.2, -0.15) is 0 Å². The van der Waals surface area contributed by atoms with Crippen molar-refractivity contribution < 1.29 is 14.7 Å². The number of amides is 2. The normalized spacial score (nSPS) is 24.8. The molecule has 90 valence electrons. The molecule has 0 aromatic carbocycles. The first-order valence-electron chi connectivity index (χ1n) is 5.66. The summed E-state index contributed by atoms with van der Waals surface area (Å²) in [5, 5.41) is 11.8. The van der Waals surface area contributed by atoms with Crippen LogP contribution in [0.4, 0.5) is 4.79 Å².